The number of benzene rings is 1. The van der Waals surface area contributed by atoms with Gasteiger partial charge in [0.2, 0.25) is 0 Å². The van der Waals surface area contributed by atoms with Gasteiger partial charge in [-0.1, -0.05) is 6.07 Å². The highest BCUT2D eigenvalue weighted by molar-refractivity contribution is 5.34. The molecule has 0 fully saturated rings. The number of halogens is 1. The van der Waals surface area contributed by atoms with Crippen molar-refractivity contribution in [3.05, 3.63) is 35.1 Å². The summed E-state index contributed by atoms with van der Waals surface area (Å²) in [5.41, 5.74) is 1.01. The number of nitrogens with one attached hydrogen (secondary N) is 1. The SMILES string of the molecule is COCCOCCCCNCc1ccc(F)c(C#N)c1. The summed E-state index contributed by atoms with van der Waals surface area (Å²) in [6.07, 6.45) is 2.00. The van der Waals surface area contributed by atoms with Gasteiger partial charge in [0.15, 0.2) is 0 Å². The van der Waals surface area contributed by atoms with E-state index in [0.29, 0.717) is 19.8 Å². The molecule has 1 N–H and O–H groups in total. The average molecular weight is 280 g/mol. The van der Waals surface area contributed by atoms with Gasteiger partial charge in [-0.15, -0.1) is 0 Å². The van der Waals surface area contributed by atoms with Crippen molar-refractivity contribution in [1.29, 1.82) is 5.26 Å². The summed E-state index contributed by atoms with van der Waals surface area (Å²) >= 11 is 0. The number of hydrogen-bond acceptors (Lipinski definition) is 4. The molecule has 0 spiro atoms. The number of methoxy groups -OCH3 is 1. The Morgan fingerprint density at radius 1 is 1.25 bits per heavy atom. The van der Waals surface area contributed by atoms with Crippen molar-refractivity contribution < 1.29 is 13.9 Å². The normalized spacial score (nSPS) is 10.4. The van der Waals surface area contributed by atoms with Crippen LogP contribution in [-0.4, -0.2) is 33.5 Å². The number of rotatable bonds is 10. The Kier molecular flexibility index (Phi) is 8.56. The van der Waals surface area contributed by atoms with Crippen LogP contribution in [0.4, 0.5) is 4.39 Å². The van der Waals surface area contributed by atoms with Crippen LogP contribution in [0.2, 0.25) is 0 Å². The molecule has 0 saturated heterocycles. The molecule has 20 heavy (non-hydrogen) atoms. The van der Waals surface area contributed by atoms with E-state index in [-0.39, 0.29) is 5.56 Å². The first-order valence-corrected chi connectivity index (χ1v) is 6.74. The third-order valence-corrected chi connectivity index (χ3v) is 2.80. The van der Waals surface area contributed by atoms with Gasteiger partial charge in [-0.25, -0.2) is 4.39 Å². The predicted octanol–water partition coefficient (Wildman–Crippen LogP) is 2.23. The molecule has 1 aromatic carbocycles. The largest absolute Gasteiger partial charge is 0.382 e. The van der Waals surface area contributed by atoms with Gasteiger partial charge in [0.05, 0.1) is 18.8 Å². The van der Waals surface area contributed by atoms with Crippen molar-refractivity contribution in [2.45, 2.75) is 19.4 Å². The van der Waals surface area contributed by atoms with Crippen LogP contribution in [0.3, 0.4) is 0 Å². The third-order valence-electron chi connectivity index (χ3n) is 2.80. The highest BCUT2D eigenvalue weighted by Gasteiger charge is 2.02. The van der Waals surface area contributed by atoms with Crippen LogP contribution in [-0.2, 0) is 16.0 Å². The number of unbranched alkanes of at least 4 members (excludes halogenated alkanes) is 1. The van der Waals surface area contributed by atoms with Crippen LogP contribution in [0.25, 0.3) is 0 Å². The van der Waals surface area contributed by atoms with E-state index in [9.17, 15) is 4.39 Å². The number of hydrogen-bond donors (Lipinski definition) is 1. The average Bonchev–Trinajstić information content (AvgIpc) is 2.47. The molecule has 5 heteroatoms. The van der Waals surface area contributed by atoms with Crippen LogP contribution in [0.1, 0.15) is 24.0 Å². The van der Waals surface area contributed by atoms with Crippen LogP contribution in [0.5, 0.6) is 0 Å². The molecule has 0 aliphatic carbocycles. The monoisotopic (exact) mass is 280 g/mol. The van der Waals surface area contributed by atoms with Crippen LogP contribution in [0, 0.1) is 17.1 Å². The maximum atomic E-state index is 13.1. The van der Waals surface area contributed by atoms with Gasteiger partial charge < -0.3 is 14.8 Å². The lowest BCUT2D eigenvalue weighted by atomic mass is 10.1. The fourth-order valence-electron chi connectivity index (χ4n) is 1.70. The maximum absolute atomic E-state index is 13.1. The van der Waals surface area contributed by atoms with Gasteiger partial charge in [0.25, 0.3) is 0 Å². The van der Waals surface area contributed by atoms with E-state index in [1.807, 2.05) is 6.07 Å². The Morgan fingerprint density at radius 3 is 2.85 bits per heavy atom. The van der Waals surface area contributed by atoms with Gasteiger partial charge >= 0.3 is 0 Å². The second-order valence-electron chi connectivity index (χ2n) is 4.42. The van der Waals surface area contributed by atoms with Crippen LogP contribution >= 0.6 is 0 Å². The van der Waals surface area contributed by atoms with Crippen LogP contribution < -0.4 is 5.32 Å². The van der Waals surface area contributed by atoms with E-state index in [1.165, 1.54) is 6.07 Å². The molecule has 0 atom stereocenters. The number of nitriles is 1. The second-order valence-corrected chi connectivity index (χ2v) is 4.42. The summed E-state index contributed by atoms with van der Waals surface area (Å²) in [5.74, 6) is -0.468. The summed E-state index contributed by atoms with van der Waals surface area (Å²) in [6.45, 7) is 3.51. The van der Waals surface area contributed by atoms with Crippen molar-refractivity contribution >= 4 is 0 Å². The molecule has 0 unspecified atom stereocenters. The van der Waals surface area contributed by atoms with Gasteiger partial charge in [0.1, 0.15) is 11.9 Å². The Hall–Kier alpha value is -1.48. The van der Waals surface area contributed by atoms with E-state index >= 15 is 0 Å². The molecule has 4 nitrogen and oxygen atoms in total. The lowest BCUT2D eigenvalue weighted by molar-refractivity contribution is 0.0688. The molecule has 0 bridgehead atoms. The number of nitrogens with zero attached hydrogens (tertiary/aromatic N) is 1. The summed E-state index contributed by atoms with van der Waals surface area (Å²) in [7, 11) is 1.65. The van der Waals surface area contributed by atoms with Gasteiger partial charge in [-0.2, -0.15) is 5.26 Å². The Balaban J connectivity index is 2.08. The van der Waals surface area contributed by atoms with Crippen molar-refractivity contribution in [2.75, 3.05) is 33.5 Å². The topological polar surface area (TPSA) is 54.3 Å². The smallest absolute Gasteiger partial charge is 0.140 e. The quantitative estimate of drug-likeness (QED) is 0.668. The van der Waals surface area contributed by atoms with E-state index < -0.39 is 5.82 Å². The van der Waals surface area contributed by atoms with Crippen molar-refractivity contribution in [1.82, 2.24) is 5.32 Å². The maximum Gasteiger partial charge on any atom is 0.140 e. The highest BCUT2D eigenvalue weighted by atomic mass is 19.1. The Bertz CT molecular complexity index is 432. The minimum Gasteiger partial charge on any atom is -0.382 e. The Morgan fingerprint density at radius 2 is 2.10 bits per heavy atom. The van der Waals surface area contributed by atoms with Gasteiger partial charge in [-0.05, 0) is 37.1 Å². The summed E-state index contributed by atoms with van der Waals surface area (Å²) in [6, 6.07) is 6.44. The molecule has 0 aliphatic rings. The second kappa shape index (κ2) is 10.3. The fourth-order valence-corrected chi connectivity index (χ4v) is 1.70. The summed E-state index contributed by atoms with van der Waals surface area (Å²) in [4.78, 5) is 0. The first-order chi connectivity index (χ1) is 9.77. The first kappa shape index (κ1) is 16.6. The molecule has 0 amide bonds. The van der Waals surface area contributed by atoms with Crippen LogP contribution in [0.15, 0.2) is 18.2 Å². The molecule has 0 heterocycles. The molecule has 0 radical (unpaired) electrons. The zero-order valence-corrected chi connectivity index (χ0v) is 11.8. The molecular weight excluding hydrogens is 259 g/mol. The van der Waals surface area contributed by atoms with E-state index in [1.54, 1.807) is 19.2 Å². The standard InChI is InChI=1S/C15H21FN2O2/c1-19-8-9-20-7-3-2-6-18-12-13-4-5-15(16)14(10-13)11-17/h4-5,10,18H,2-3,6-9,12H2,1H3. The Labute approximate surface area is 119 Å². The molecule has 0 aliphatic heterocycles. The minimum absolute atomic E-state index is 0.0934. The van der Waals surface area contributed by atoms with E-state index in [4.69, 9.17) is 14.7 Å². The molecular formula is C15H21FN2O2. The molecule has 1 aromatic rings. The molecule has 0 aromatic heterocycles. The zero-order valence-electron chi connectivity index (χ0n) is 11.8. The zero-order chi connectivity index (χ0) is 14.6. The predicted molar refractivity (Wildman–Crippen MR) is 74.8 cm³/mol. The van der Waals surface area contributed by atoms with Crippen molar-refractivity contribution in [3.63, 3.8) is 0 Å². The lowest BCUT2D eigenvalue weighted by Crippen LogP contribution is -2.15. The summed E-state index contributed by atoms with van der Waals surface area (Å²) in [5, 5.41) is 12.0. The molecule has 1 rings (SSSR count). The third kappa shape index (κ3) is 6.62. The van der Waals surface area contributed by atoms with E-state index in [0.717, 1.165) is 31.6 Å². The molecule has 110 valence electrons. The fraction of sp³-hybridized carbons (Fsp3) is 0.533. The number of ether oxygens (including phenoxy) is 2. The minimum atomic E-state index is -0.468. The molecule has 0 saturated carbocycles. The van der Waals surface area contributed by atoms with Crippen molar-refractivity contribution in [3.8, 4) is 6.07 Å². The van der Waals surface area contributed by atoms with Crippen molar-refractivity contribution in [2.24, 2.45) is 0 Å². The first-order valence-electron chi connectivity index (χ1n) is 6.74. The highest BCUT2D eigenvalue weighted by Crippen LogP contribution is 2.09. The summed E-state index contributed by atoms with van der Waals surface area (Å²) < 4.78 is 23.3. The van der Waals surface area contributed by atoms with Gasteiger partial charge in [0, 0.05) is 20.3 Å². The lowest BCUT2D eigenvalue weighted by Gasteiger charge is -2.06. The van der Waals surface area contributed by atoms with Gasteiger partial charge in [-0.3, -0.25) is 0 Å². The van der Waals surface area contributed by atoms with E-state index in [2.05, 4.69) is 5.32 Å².